The van der Waals surface area contributed by atoms with Crippen LogP contribution in [0.15, 0.2) is 12.1 Å². The molecule has 0 fully saturated rings. The maximum atomic E-state index is 10.3. The summed E-state index contributed by atoms with van der Waals surface area (Å²) in [7, 11) is 0. The molecule has 0 spiro atoms. The molecule has 0 saturated heterocycles. The number of carboxylic acid groups (broad SMARTS) is 1. The lowest BCUT2D eigenvalue weighted by molar-refractivity contribution is -0.142. The molecule has 0 amide bonds. The van der Waals surface area contributed by atoms with Crippen LogP contribution < -0.4 is 5.73 Å². The van der Waals surface area contributed by atoms with Crippen LogP contribution in [0.1, 0.15) is 22.7 Å². The van der Waals surface area contributed by atoms with Gasteiger partial charge in [-0.2, -0.15) is 0 Å². The predicted octanol–water partition coefficient (Wildman–Crippen LogP) is 2.06. The fourth-order valence-corrected chi connectivity index (χ4v) is 1.78. The van der Waals surface area contributed by atoms with Crippen molar-refractivity contribution >= 4 is 17.6 Å². The van der Waals surface area contributed by atoms with Gasteiger partial charge in [-0.05, 0) is 36.6 Å². The number of benzene rings is 1. The van der Waals surface area contributed by atoms with Gasteiger partial charge < -0.3 is 15.6 Å². The van der Waals surface area contributed by atoms with E-state index >= 15 is 0 Å². The van der Waals surface area contributed by atoms with Gasteiger partial charge in [0.05, 0.1) is 12.6 Å². The Morgan fingerprint density at radius 1 is 1.47 bits per heavy atom. The molecule has 94 valence electrons. The molecule has 1 unspecified atom stereocenters. The van der Waals surface area contributed by atoms with Gasteiger partial charge in [-0.1, -0.05) is 17.7 Å². The molecule has 17 heavy (non-hydrogen) atoms. The highest BCUT2D eigenvalue weighted by Gasteiger charge is 2.12. The van der Waals surface area contributed by atoms with Crippen molar-refractivity contribution in [3.8, 4) is 0 Å². The minimum atomic E-state index is -0.999. The van der Waals surface area contributed by atoms with E-state index in [9.17, 15) is 4.79 Å². The molecular formula is C12H16ClNO3. The SMILES string of the molecule is Cc1cc(C(N)COCC(=O)O)c(C)cc1Cl. The second kappa shape index (κ2) is 6.00. The van der Waals surface area contributed by atoms with Crippen LogP contribution in [0.2, 0.25) is 5.02 Å². The molecule has 0 radical (unpaired) electrons. The van der Waals surface area contributed by atoms with Crippen molar-refractivity contribution in [2.75, 3.05) is 13.2 Å². The highest BCUT2D eigenvalue weighted by Crippen LogP contribution is 2.24. The maximum absolute atomic E-state index is 10.3. The Bertz CT molecular complexity index is 420. The smallest absolute Gasteiger partial charge is 0.329 e. The first-order valence-electron chi connectivity index (χ1n) is 5.23. The van der Waals surface area contributed by atoms with Gasteiger partial charge in [-0.25, -0.2) is 4.79 Å². The molecule has 0 aliphatic carbocycles. The summed E-state index contributed by atoms with van der Waals surface area (Å²) in [6.45, 7) is 3.65. The minimum absolute atomic E-state index is 0.175. The number of carboxylic acids is 1. The molecule has 5 heteroatoms. The van der Waals surface area contributed by atoms with Crippen LogP contribution in [-0.2, 0) is 9.53 Å². The van der Waals surface area contributed by atoms with Gasteiger partial charge in [0.15, 0.2) is 0 Å². The van der Waals surface area contributed by atoms with Crippen molar-refractivity contribution in [1.82, 2.24) is 0 Å². The van der Waals surface area contributed by atoms with Gasteiger partial charge in [-0.3, -0.25) is 0 Å². The maximum Gasteiger partial charge on any atom is 0.329 e. The first-order valence-corrected chi connectivity index (χ1v) is 5.61. The van der Waals surface area contributed by atoms with Crippen LogP contribution in [0.25, 0.3) is 0 Å². The zero-order valence-corrected chi connectivity index (χ0v) is 10.6. The molecule has 1 aromatic carbocycles. The predicted molar refractivity (Wildman–Crippen MR) is 66.3 cm³/mol. The molecule has 1 rings (SSSR count). The summed E-state index contributed by atoms with van der Waals surface area (Å²) >= 11 is 5.99. The van der Waals surface area contributed by atoms with Crippen molar-refractivity contribution in [3.63, 3.8) is 0 Å². The molecule has 0 saturated carbocycles. The lowest BCUT2D eigenvalue weighted by Crippen LogP contribution is -2.20. The van der Waals surface area contributed by atoms with E-state index in [0.29, 0.717) is 5.02 Å². The van der Waals surface area contributed by atoms with E-state index in [-0.39, 0.29) is 19.3 Å². The van der Waals surface area contributed by atoms with Crippen LogP contribution in [0.5, 0.6) is 0 Å². The minimum Gasteiger partial charge on any atom is -0.480 e. The quantitative estimate of drug-likeness (QED) is 0.847. The highest BCUT2D eigenvalue weighted by molar-refractivity contribution is 6.31. The Kier molecular flexibility index (Phi) is 4.93. The topological polar surface area (TPSA) is 72.5 Å². The molecule has 3 N–H and O–H groups in total. The van der Waals surface area contributed by atoms with Gasteiger partial charge in [0.2, 0.25) is 0 Å². The Hall–Kier alpha value is -1.10. The van der Waals surface area contributed by atoms with E-state index in [1.54, 1.807) is 0 Å². The number of ether oxygens (including phenoxy) is 1. The molecule has 0 bridgehead atoms. The Morgan fingerprint density at radius 2 is 2.12 bits per heavy atom. The molecule has 4 nitrogen and oxygen atoms in total. The number of hydrogen-bond acceptors (Lipinski definition) is 3. The standard InChI is InChI=1S/C12H16ClNO3/c1-7-4-10(13)8(2)3-9(7)11(14)5-17-6-12(15)16/h3-4,11H,5-6,14H2,1-2H3,(H,15,16). The fourth-order valence-electron chi connectivity index (χ4n) is 1.57. The molecule has 1 aromatic rings. The number of rotatable bonds is 5. The van der Waals surface area contributed by atoms with Crippen molar-refractivity contribution < 1.29 is 14.6 Å². The number of halogens is 1. The van der Waals surface area contributed by atoms with Gasteiger partial charge >= 0.3 is 5.97 Å². The van der Waals surface area contributed by atoms with Crippen LogP contribution >= 0.6 is 11.6 Å². The third-order valence-corrected chi connectivity index (χ3v) is 2.88. The van der Waals surface area contributed by atoms with Gasteiger partial charge in [-0.15, -0.1) is 0 Å². The van der Waals surface area contributed by atoms with Gasteiger partial charge in [0.1, 0.15) is 6.61 Å². The number of hydrogen-bond donors (Lipinski definition) is 2. The van der Waals surface area contributed by atoms with E-state index in [1.165, 1.54) is 0 Å². The van der Waals surface area contributed by atoms with E-state index in [0.717, 1.165) is 16.7 Å². The van der Waals surface area contributed by atoms with Gasteiger partial charge in [0, 0.05) is 5.02 Å². The molecule has 1 atom stereocenters. The molecule has 0 aromatic heterocycles. The Morgan fingerprint density at radius 3 is 2.71 bits per heavy atom. The molecule has 0 aliphatic heterocycles. The summed E-state index contributed by atoms with van der Waals surface area (Å²) in [6.07, 6.45) is 0. The van der Waals surface area contributed by atoms with Crippen LogP contribution in [0.3, 0.4) is 0 Å². The number of aliphatic carboxylic acids is 1. The summed E-state index contributed by atoms with van der Waals surface area (Å²) < 4.78 is 4.98. The summed E-state index contributed by atoms with van der Waals surface area (Å²) in [5.41, 5.74) is 8.79. The van der Waals surface area contributed by atoms with E-state index < -0.39 is 5.97 Å². The zero-order valence-electron chi connectivity index (χ0n) is 9.87. The summed E-state index contributed by atoms with van der Waals surface area (Å²) in [5, 5.41) is 9.15. The first kappa shape index (κ1) is 14.0. The first-order chi connectivity index (χ1) is 7.91. The fraction of sp³-hybridized carbons (Fsp3) is 0.417. The summed E-state index contributed by atoms with van der Waals surface area (Å²) in [6, 6.07) is 3.42. The van der Waals surface area contributed by atoms with E-state index in [1.807, 2.05) is 26.0 Å². The van der Waals surface area contributed by atoms with Crippen LogP contribution in [0.4, 0.5) is 0 Å². The monoisotopic (exact) mass is 257 g/mol. The Balaban J connectivity index is 2.71. The average Bonchev–Trinajstić information content (AvgIpc) is 2.22. The second-order valence-electron chi connectivity index (χ2n) is 3.97. The number of aryl methyl sites for hydroxylation is 2. The zero-order chi connectivity index (χ0) is 13.0. The van der Waals surface area contributed by atoms with Crippen molar-refractivity contribution in [2.24, 2.45) is 5.73 Å². The lowest BCUT2D eigenvalue weighted by atomic mass is 10.00. The molecule has 0 aliphatic rings. The van der Waals surface area contributed by atoms with E-state index in [4.69, 9.17) is 27.2 Å². The van der Waals surface area contributed by atoms with Crippen molar-refractivity contribution in [3.05, 3.63) is 33.8 Å². The van der Waals surface area contributed by atoms with Crippen LogP contribution in [0, 0.1) is 13.8 Å². The normalized spacial score (nSPS) is 12.5. The average molecular weight is 258 g/mol. The molecular weight excluding hydrogens is 242 g/mol. The van der Waals surface area contributed by atoms with E-state index in [2.05, 4.69) is 0 Å². The lowest BCUT2D eigenvalue weighted by Gasteiger charge is -2.16. The number of nitrogens with two attached hydrogens (primary N) is 1. The highest BCUT2D eigenvalue weighted by atomic mass is 35.5. The van der Waals surface area contributed by atoms with Crippen LogP contribution in [-0.4, -0.2) is 24.3 Å². The third kappa shape index (κ3) is 4.00. The summed E-state index contributed by atoms with van der Waals surface area (Å²) in [4.78, 5) is 10.3. The Labute approximate surface area is 105 Å². The van der Waals surface area contributed by atoms with Crippen molar-refractivity contribution in [1.29, 1.82) is 0 Å². The third-order valence-electron chi connectivity index (χ3n) is 2.47. The van der Waals surface area contributed by atoms with Crippen molar-refractivity contribution in [2.45, 2.75) is 19.9 Å². The molecule has 0 heterocycles. The largest absolute Gasteiger partial charge is 0.480 e. The summed E-state index contributed by atoms with van der Waals surface area (Å²) in [5.74, 6) is -0.999. The second-order valence-corrected chi connectivity index (χ2v) is 4.38. The van der Waals surface area contributed by atoms with Gasteiger partial charge in [0.25, 0.3) is 0 Å². The number of carbonyl (C=O) groups is 1.